The number of benzene rings is 1. The van der Waals surface area contributed by atoms with Crippen LogP contribution >= 0.6 is 15.0 Å². The van der Waals surface area contributed by atoms with Crippen molar-refractivity contribution < 1.29 is 13.7 Å². The van der Waals surface area contributed by atoms with Gasteiger partial charge in [-0.25, -0.2) is 5.09 Å². The van der Waals surface area contributed by atoms with E-state index in [0.29, 0.717) is 5.75 Å². The SMILES string of the molecule is CC.CC(C)(C)NP(C)(=O)NC(C)(C)C.CC(C)(C)NP(C)(=O)Oc1ccccc1. The maximum absolute atomic E-state index is 12.1. The fourth-order valence-corrected chi connectivity index (χ4v) is 7.03. The molecule has 3 N–H and O–H groups in total. The second kappa shape index (κ2) is 12.4. The summed E-state index contributed by atoms with van der Waals surface area (Å²) in [5.41, 5.74) is -0.468. The first-order chi connectivity index (χ1) is 13.2. The minimum atomic E-state index is -2.79. The third-order valence-electron chi connectivity index (χ3n) is 2.66. The first kappa shape index (κ1) is 31.5. The Labute approximate surface area is 186 Å². The van der Waals surface area contributed by atoms with Gasteiger partial charge >= 0.3 is 7.52 Å². The Hall–Kier alpha value is -0.640. The molecule has 0 aliphatic rings. The van der Waals surface area contributed by atoms with Crippen LogP contribution in [0.25, 0.3) is 0 Å². The van der Waals surface area contributed by atoms with E-state index in [1.807, 2.05) is 94.4 Å². The quantitative estimate of drug-likeness (QED) is 0.413. The lowest BCUT2D eigenvalue weighted by Gasteiger charge is -2.32. The first-order valence-corrected chi connectivity index (χ1v) is 14.7. The molecule has 1 atom stereocenters. The Morgan fingerprint density at radius 3 is 1.30 bits per heavy atom. The zero-order valence-corrected chi connectivity index (χ0v) is 23.3. The van der Waals surface area contributed by atoms with Crippen LogP contribution < -0.4 is 19.8 Å². The average Bonchev–Trinajstić information content (AvgIpc) is 2.42. The minimum Gasteiger partial charge on any atom is -0.433 e. The summed E-state index contributed by atoms with van der Waals surface area (Å²) in [6.07, 6.45) is 0. The fraction of sp³-hybridized carbons (Fsp3) is 0.727. The van der Waals surface area contributed by atoms with Crippen LogP contribution in [0.4, 0.5) is 0 Å². The number of hydrogen-bond acceptors (Lipinski definition) is 3. The molecular weight excluding hydrogens is 416 g/mol. The van der Waals surface area contributed by atoms with Crippen molar-refractivity contribution in [1.82, 2.24) is 15.3 Å². The van der Waals surface area contributed by atoms with E-state index in [4.69, 9.17) is 4.52 Å². The van der Waals surface area contributed by atoms with Gasteiger partial charge in [-0.2, -0.15) is 0 Å². The summed E-state index contributed by atoms with van der Waals surface area (Å²) < 4.78 is 29.5. The molecule has 0 radical (unpaired) electrons. The molecule has 0 aliphatic carbocycles. The highest BCUT2D eigenvalue weighted by molar-refractivity contribution is 7.59. The maximum Gasteiger partial charge on any atom is 0.314 e. The van der Waals surface area contributed by atoms with E-state index in [0.717, 1.165) is 0 Å². The summed E-state index contributed by atoms with van der Waals surface area (Å²) >= 11 is 0. The predicted octanol–water partition coefficient (Wildman–Crippen LogP) is 6.89. The van der Waals surface area contributed by atoms with Gasteiger partial charge < -0.3 is 4.52 Å². The molecule has 0 spiro atoms. The van der Waals surface area contributed by atoms with Crippen LogP contribution in [0.1, 0.15) is 76.2 Å². The summed E-state index contributed by atoms with van der Waals surface area (Å²) in [5.74, 6) is 0.625. The molecule has 8 heteroatoms. The highest BCUT2D eigenvalue weighted by Gasteiger charge is 2.26. The summed E-state index contributed by atoms with van der Waals surface area (Å²) in [6.45, 7) is 25.2. The van der Waals surface area contributed by atoms with E-state index in [2.05, 4.69) is 15.3 Å². The van der Waals surface area contributed by atoms with Crippen molar-refractivity contribution in [3.63, 3.8) is 0 Å². The standard InChI is InChI=1S/C11H18NO2P.C9H23N2OP.C2H6/c1-11(2,3)12-15(4,13)14-10-8-6-5-7-9-10;1-8(2,3)10-13(7,12)11-9(4,5)6;1-2/h5-9H,1-4H3,(H,12,13);1-7H3,(H2,10,11,12);1-2H3. The average molecular weight is 464 g/mol. The van der Waals surface area contributed by atoms with Crippen LogP contribution in [-0.2, 0) is 9.13 Å². The Kier molecular flexibility index (Phi) is 13.0. The van der Waals surface area contributed by atoms with Crippen molar-refractivity contribution in [3.8, 4) is 5.75 Å². The van der Waals surface area contributed by atoms with Crippen LogP contribution in [0, 0.1) is 0 Å². The molecule has 0 aromatic heterocycles. The molecule has 30 heavy (non-hydrogen) atoms. The van der Waals surface area contributed by atoms with E-state index >= 15 is 0 Å². The lowest BCUT2D eigenvalue weighted by atomic mass is 10.1. The van der Waals surface area contributed by atoms with Crippen LogP contribution in [0.3, 0.4) is 0 Å². The monoisotopic (exact) mass is 463 g/mol. The van der Waals surface area contributed by atoms with Crippen molar-refractivity contribution >= 4 is 15.0 Å². The fourth-order valence-electron chi connectivity index (χ4n) is 2.62. The van der Waals surface area contributed by atoms with Crippen molar-refractivity contribution in [2.24, 2.45) is 0 Å². The second-order valence-corrected chi connectivity index (χ2v) is 14.7. The summed E-state index contributed by atoms with van der Waals surface area (Å²) in [4.78, 5) is 0. The highest BCUT2D eigenvalue weighted by atomic mass is 31.2. The lowest BCUT2D eigenvalue weighted by Crippen LogP contribution is -2.42. The Balaban J connectivity index is 0. The van der Waals surface area contributed by atoms with Crippen LogP contribution in [0.5, 0.6) is 5.75 Å². The topological polar surface area (TPSA) is 79.5 Å². The Morgan fingerprint density at radius 2 is 1.00 bits per heavy atom. The molecule has 0 saturated carbocycles. The molecule has 1 aromatic rings. The molecule has 1 aromatic carbocycles. The van der Waals surface area contributed by atoms with E-state index in [-0.39, 0.29) is 16.6 Å². The molecule has 178 valence electrons. The normalized spacial score (nSPS) is 14.4. The van der Waals surface area contributed by atoms with Crippen LogP contribution in [0.2, 0.25) is 0 Å². The molecule has 0 amide bonds. The van der Waals surface area contributed by atoms with Gasteiger partial charge in [0, 0.05) is 29.9 Å². The lowest BCUT2D eigenvalue weighted by molar-refractivity contribution is 0.429. The van der Waals surface area contributed by atoms with E-state index in [1.54, 1.807) is 25.5 Å². The molecule has 0 saturated heterocycles. The molecule has 1 unspecified atom stereocenters. The molecule has 6 nitrogen and oxygen atoms in total. The van der Waals surface area contributed by atoms with E-state index < -0.39 is 15.0 Å². The first-order valence-electron chi connectivity index (χ1n) is 10.5. The van der Waals surface area contributed by atoms with Gasteiger partial charge in [0.15, 0.2) is 0 Å². The Bertz CT molecular complexity index is 668. The second-order valence-electron chi connectivity index (χ2n) is 10.3. The number of hydrogen-bond donors (Lipinski definition) is 3. The van der Waals surface area contributed by atoms with Gasteiger partial charge in [-0.05, 0) is 74.4 Å². The zero-order chi connectivity index (χ0) is 24.4. The number of nitrogens with one attached hydrogen (secondary N) is 3. The van der Waals surface area contributed by atoms with Gasteiger partial charge in [-0.15, -0.1) is 0 Å². The zero-order valence-electron chi connectivity index (χ0n) is 21.5. The third-order valence-corrected chi connectivity index (χ3v) is 6.49. The number of rotatable bonds is 5. The van der Waals surface area contributed by atoms with Crippen molar-refractivity contribution in [2.75, 3.05) is 13.3 Å². The molecule has 0 heterocycles. The molecule has 0 fully saturated rings. The third kappa shape index (κ3) is 20.6. The van der Waals surface area contributed by atoms with Crippen LogP contribution in [0.15, 0.2) is 30.3 Å². The van der Waals surface area contributed by atoms with E-state index in [1.165, 1.54) is 0 Å². The van der Waals surface area contributed by atoms with Crippen molar-refractivity contribution in [2.45, 2.75) is 92.8 Å². The van der Waals surface area contributed by atoms with Gasteiger partial charge in [-0.3, -0.25) is 19.3 Å². The van der Waals surface area contributed by atoms with Gasteiger partial charge in [0.25, 0.3) is 0 Å². The highest BCUT2D eigenvalue weighted by Crippen LogP contribution is 2.40. The summed E-state index contributed by atoms with van der Waals surface area (Å²) in [6, 6.07) is 9.18. The smallest absolute Gasteiger partial charge is 0.314 e. The summed E-state index contributed by atoms with van der Waals surface area (Å²) in [7, 11) is -5.22. The van der Waals surface area contributed by atoms with E-state index in [9.17, 15) is 9.13 Å². The predicted molar refractivity (Wildman–Crippen MR) is 134 cm³/mol. The minimum absolute atomic E-state index is 0.122. The molecular formula is C22H47N3O3P2. The van der Waals surface area contributed by atoms with Gasteiger partial charge in [0.1, 0.15) is 5.75 Å². The van der Waals surface area contributed by atoms with Gasteiger partial charge in [0.05, 0.1) is 0 Å². The molecule has 0 bridgehead atoms. The van der Waals surface area contributed by atoms with Crippen LogP contribution in [-0.4, -0.2) is 29.9 Å². The number of para-hydroxylation sites is 1. The largest absolute Gasteiger partial charge is 0.433 e. The Morgan fingerprint density at radius 1 is 0.667 bits per heavy atom. The maximum atomic E-state index is 12.1. The van der Waals surface area contributed by atoms with Gasteiger partial charge in [-0.1, -0.05) is 32.0 Å². The molecule has 0 aliphatic heterocycles. The van der Waals surface area contributed by atoms with Crippen molar-refractivity contribution in [3.05, 3.63) is 30.3 Å². The molecule has 1 rings (SSSR count). The summed E-state index contributed by atoms with van der Waals surface area (Å²) in [5, 5.41) is 9.17. The van der Waals surface area contributed by atoms with Gasteiger partial charge in [0.2, 0.25) is 7.44 Å². The van der Waals surface area contributed by atoms with Crippen molar-refractivity contribution in [1.29, 1.82) is 0 Å².